The first-order valence-electron chi connectivity index (χ1n) is 4.52. The molecule has 1 aromatic rings. The molecule has 1 N–H and O–H groups in total. The van der Waals surface area contributed by atoms with Crippen LogP contribution < -0.4 is 0 Å². The molecule has 0 radical (unpaired) electrons. The molecular weight excluding hydrogens is 257 g/mol. The topological polar surface area (TPSA) is 54.4 Å². The Morgan fingerprint density at radius 2 is 1.76 bits per heavy atom. The Balaban J connectivity index is 2.69. The van der Waals surface area contributed by atoms with Crippen molar-refractivity contribution < 1.29 is 27.3 Å². The first-order chi connectivity index (χ1) is 7.79. The molecule has 0 saturated carbocycles. The van der Waals surface area contributed by atoms with Gasteiger partial charge in [0.05, 0.1) is 5.56 Å². The molecule has 7 heteroatoms. The SMILES string of the molecule is O=C(O)C[S@](=O)Cc1ccc(C(F)(F)F)cc1. The van der Waals surface area contributed by atoms with Crippen molar-refractivity contribution in [2.45, 2.75) is 11.9 Å². The van der Waals surface area contributed by atoms with Crippen molar-refractivity contribution in [3.8, 4) is 0 Å². The van der Waals surface area contributed by atoms with E-state index in [0.29, 0.717) is 5.56 Å². The van der Waals surface area contributed by atoms with Crippen molar-refractivity contribution in [2.24, 2.45) is 0 Å². The maximum atomic E-state index is 12.2. The molecule has 17 heavy (non-hydrogen) atoms. The van der Waals surface area contributed by atoms with Crippen LogP contribution in [0.25, 0.3) is 0 Å². The van der Waals surface area contributed by atoms with E-state index in [1.165, 1.54) is 12.1 Å². The zero-order chi connectivity index (χ0) is 13.1. The highest BCUT2D eigenvalue weighted by Crippen LogP contribution is 2.29. The van der Waals surface area contributed by atoms with Gasteiger partial charge >= 0.3 is 12.1 Å². The van der Waals surface area contributed by atoms with Gasteiger partial charge in [-0.3, -0.25) is 9.00 Å². The van der Waals surface area contributed by atoms with Crippen LogP contribution in [0.15, 0.2) is 24.3 Å². The van der Waals surface area contributed by atoms with Crippen LogP contribution in [-0.2, 0) is 27.5 Å². The molecular formula is C10H9F3O3S. The molecule has 0 heterocycles. The molecule has 0 unspecified atom stereocenters. The Kier molecular flexibility index (Phi) is 4.28. The molecule has 1 atom stereocenters. The quantitative estimate of drug-likeness (QED) is 0.907. The number of alkyl halides is 3. The molecule has 94 valence electrons. The number of hydrogen-bond acceptors (Lipinski definition) is 2. The molecule has 1 aromatic carbocycles. The highest BCUT2D eigenvalue weighted by molar-refractivity contribution is 7.84. The predicted molar refractivity (Wildman–Crippen MR) is 55.8 cm³/mol. The average molecular weight is 266 g/mol. The van der Waals surface area contributed by atoms with Gasteiger partial charge in [0.1, 0.15) is 5.75 Å². The lowest BCUT2D eigenvalue weighted by Crippen LogP contribution is -2.11. The summed E-state index contributed by atoms with van der Waals surface area (Å²) in [5, 5.41) is 8.37. The molecule has 0 spiro atoms. The fourth-order valence-electron chi connectivity index (χ4n) is 1.16. The van der Waals surface area contributed by atoms with E-state index < -0.39 is 34.3 Å². The Hall–Kier alpha value is -1.37. The third-order valence-corrected chi connectivity index (χ3v) is 3.12. The molecule has 0 saturated heterocycles. The summed E-state index contributed by atoms with van der Waals surface area (Å²) < 4.78 is 47.9. The molecule has 0 fully saturated rings. The van der Waals surface area contributed by atoms with Gasteiger partial charge in [0.15, 0.2) is 0 Å². The summed E-state index contributed by atoms with van der Waals surface area (Å²) in [5.41, 5.74) is -0.372. The van der Waals surface area contributed by atoms with Crippen molar-refractivity contribution in [3.05, 3.63) is 35.4 Å². The zero-order valence-electron chi connectivity index (χ0n) is 8.53. The Morgan fingerprint density at radius 3 is 2.18 bits per heavy atom. The largest absolute Gasteiger partial charge is 0.481 e. The second-order valence-corrected chi connectivity index (χ2v) is 4.77. The zero-order valence-corrected chi connectivity index (χ0v) is 9.35. The summed E-state index contributed by atoms with van der Waals surface area (Å²) in [6.45, 7) is 0. The van der Waals surface area contributed by atoms with Crippen LogP contribution in [-0.4, -0.2) is 21.0 Å². The van der Waals surface area contributed by atoms with Crippen LogP contribution in [0, 0.1) is 0 Å². The molecule has 0 aliphatic heterocycles. The van der Waals surface area contributed by atoms with Crippen LogP contribution in [0.4, 0.5) is 13.2 Å². The van der Waals surface area contributed by atoms with E-state index in [-0.39, 0.29) is 5.75 Å². The molecule has 1 rings (SSSR count). The molecule has 0 aromatic heterocycles. The number of aliphatic carboxylic acids is 1. The predicted octanol–water partition coefficient (Wildman–Crippen LogP) is 2.04. The smallest absolute Gasteiger partial charge is 0.416 e. The summed E-state index contributed by atoms with van der Waals surface area (Å²) >= 11 is 0. The van der Waals surface area contributed by atoms with Gasteiger partial charge in [-0.15, -0.1) is 0 Å². The van der Waals surface area contributed by atoms with Gasteiger partial charge in [0.25, 0.3) is 0 Å². The maximum absolute atomic E-state index is 12.2. The van der Waals surface area contributed by atoms with E-state index in [1.54, 1.807) is 0 Å². The van der Waals surface area contributed by atoms with Gasteiger partial charge in [-0.1, -0.05) is 12.1 Å². The Labute approximate surface area is 97.7 Å². The third-order valence-electron chi connectivity index (χ3n) is 1.89. The number of benzene rings is 1. The minimum absolute atomic E-state index is 0.0650. The third kappa shape index (κ3) is 4.56. The Morgan fingerprint density at radius 1 is 1.24 bits per heavy atom. The molecule has 0 bridgehead atoms. The maximum Gasteiger partial charge on any atom is 0.416 e. The van der Waals surface area contributed by atoms with Gasteiger partial charge in [-0.25, -0.2) is 0 Å². The van der Waals surface area contributed by atoms with E-state index in [0.717, 1.165) is 12.1 Å². The standard InChI is InChI=1S/C10H9F3O3S/c11-10(12,13)8-3-1-7(2-4-8)5-17(16)6-9(14)15/h1-4H,5-6H2,(H,14,15)/t17-/m1/s1. The van der Waals surface area contributed by atoms with E-state index in [2.05, 4.69) is 0 Å². The highest BCUT2D eigenvalue weighted by Gasteiger charge is 2.29. The number of carbonyl (C=O) groups is 1. The van der Waals surface area contributed by atoms with Crippen molar-refractivity contribution >= 4 is 16.8 Å². The van der Waals surface area contributed by atoms with Gasteiger partial charge in [-0.05, 0) is 17.7 Å². The number of carboxylic acids is 1. The fraction of sp³-hybridized carbons (Fsp3) is 0.300. The molecule has 3 nitrogen and oxygen atoms in total. The summed E-state index contributed by atoms with van der Waals surface area (Å²) in [4.78, 5) is 10.2. The van der Waals surface area contributed by atoms with Crippen molar-refractivity contribution in [1.82, 2.24) is 0 Å². The highest BCUT2D eigenvalue weighted by atomic mass is 32.2. The summed E-state index contributed by atoms with van der Waals surface area (Å²) in [7, 11) is -1.61. The van der Waals surface area contributed by atoms with Crippen LogP contribution >= 0.6 is 0 Å². The number of rotatable bonds is 4. The van der Waals surface area contributed by atoms with Crippen molar-refractivity contribution in [3.63, 3.8) is 0 Å². The summed E-state index contributed by atoms with van der Waals surface area (Å²) in [6, 6.07) is 4.16. The number of halogens is 3. The molecule has 0 amide bonds. The number of carboxylic acid groups (broad SMARTS) is 1. The van der Waals surface area contributed by atoms with Gasteiger partial charge in [-0.2, -0.15) is 13.2 Å². The lowest BCUT2D eigenvalue weighted by molar-refractivity contribution is -0.137. The van der Waals surface area contributed by atoms with Gasteiger partial charge in [0.2, 0.25) is 0 Å². The van der Waals surface area contributed by atoms with Gasteiger partial charge in [0, 0.05) is 16.6 Å². The second kappa shape index (κ2) is 5.31. The number of hydrogen-bond donors (Lipinski definition) is 1. The minimum Gasteiger partial charge on any atom is -0.481 e. The van der Waals surface area contributed by atoms with E-state index in [9.17, 15) is 22.2 Å². The van der Waals surface area contributed by atoms with Crippen LogP contribution in [0.5, 0.6) is 0 Å². The lowest BCUT2D eigenvalue weighted by atomic mass is 10.1. The van der Waals surface area contributed by atoms with E-state index in [1.807, 2.05) is 0 Å². The van der Waals surface area contributed by atoms with Crippen LogP contribution in [0.2, 0.25) is 0 Å². The van der Waals surface area contributed by atoms with Crippen LogP contribution in [0.1, 0.15) is 11.1 Å². The first-order valence-corrected chi connectivity index (χ1v) is 6.01. The molecule has 0 aliphatic carbocycles. The second-order valence-electron chi connectivity index (χ2n) is 3.32. The van der Waals surface area contributed by atoms with E-state index >= 15 is 0 Å². The van der Waals surface area contributed by atoms with Crippen molar-refractivity contribution in [2.75, 3.05) is 5.75 Å². The fourth-order valence-corrected chi connectivity index (χ4v) is 2.11. The van der Waals surface area contributed by atoms with Gasteiger partial charge < -0.3 is 5.11 Å². The Bertz CT molecular complexity index is 425. The average Bonchev–Trinajstić information content (AvgIpc) is 2.15. The summed E-state index contributed by atoms with van der Waals surface area (Å²) in [6.07, 6.45) is -4.40. The summed E-state index contributed by atoms with van der Waals surface area (Å²) in [5.74, 6) is -1.78. The monoisotopic (exact) mass is 266 g/mol. The normalized spacial score (nSPS) is 13.4. The van der Waals surface area contributed by atoms with E-state index in [4.69, 9.17) is 5.11 Å². The first kappa shape index (κ1) is 13.7. The lowest BCUT2D eigenvalue weighted by Gasteiger charge is -2.07. The van der Waals surface area contributed by atoms with Crippen molar-refractivity contribution in [1.29, 1.82) is 0 Å². The minimum atomic E-state index is -4.40. The molecule has 0 aliphatic rings. The van der Waals surface area contributed by atoms with Crippen LogP contribution in [0.3, 0.4) is 0 Å².